The van der Waals surface area contributed by atoms with Crippen LogP contribution in [0, 0.1) is 0 Å². The highest BCUT2D eigenvalue weighted by Crippen LogP contribution is 2.56. The van der Waals surface area contributed by atoms with Crippen LogP contribution in [0.3, 0.4) is 0 Å². The predicted octanol–water partition coefficient (Wildman–Crippen LogP) is 2.85. The van der Waals surface area contributed by atoms with E-state index in [0.29, 0.717) is 23.9 Å². The van der Waals surface area contributed by atoms with Gasteiger partial charge in [0.2, 0.25) is 0 Å². The summed E-state index contributed by atoms with van der Waals surface area (Å²) in [6, 6.07) is 19.5. The molecule has 1 saturated heterocycles. The van der Waals surface area contributed by atoms with E-state index in [2.05, 4.69) is 72.4 Å². The van der Waals surface area contributed by atoms with E-state index in [4.69, 9.17) is 0 Å². The molecule has 0 aromatic heterocycles. The molecule has 0 saturated carbocycles. The zero-order valence-corrected chi connectivity index (χ0v) is 12.5. The first kappa shape index (κ1) is 12.0. The van der Waals surface area contributed by atoms with Gasteiger partial charge in [0.25, 0.3) is 0 Å². The molecule has 0 N–H and O–H groups in total. The van der Waals surface area contributed by atoms with Crippen molar-refractivity contribution in [3.8, 4) is 0 Å². The summed E-state index contributed by atoms with van der Waals surface area (Å²) in [5, 5.41) is 0. The summed E-state index contributed by atoms with van der Waals surface area (Å²) in [7, 11) is 4.57. The van der Waals surface area contributed by atoms with E-state index in [9.17, 15) is 0 Å². The Balaban J connectivity index is 1.84. The molecular weight excluding hydrogens is 256 g/mol. The Labute approximate surface area is 126 Å². The van der Waals surface area contributed by atoms with Crippen molar-refractivity contribution in [1.82, 2.24) is 9.80 Å². The molecule has 2 heteroatoms. The summed E-state index contributed by atoms with van der Waals surface area (Å²) >= 11 is 0. The van der Waals surface area contributed by atoms with Crippen molar-refractivity contribution >= 4 is 0 Å². The molecule has 3 aliphatic carbocycles. The summed E-state index contributed by atoms with van der Waals surface area (Å²) in [6.07, 6.45) is 0. The van der Waals surface area contributed by atoms with Gasteiger partial charge in [0.1, 0.15) is 0 Å². The van der Waals surface area contributed by atoms with Crippen molar-refractivity contribution in [2.45, 2.75) is 23.9 Å². The summed E-state index contributed by atoms with van der Waals surface area (Å²) in [6.45, 7) is 1.07. The summed E-state index contributed by atoms with van der Waals surface area (Å²) in [5.41, 5.74) is 6.24. The fourth-order valence-corrected chi connectivity index (χ4v) is 5.19. The van der Waals surface area contributed by atoms with Gasteiger partial charge in [-0.25, -0.2) is 0 Å². The first-order valence-electron chi connectivity index (χ1n) is 7.85. The Morgan fingerprint density at radius 2 is 1.00 bits per heavy atom. The number of rotatable bonds is 0. The SMILES string of the molecule is CN1CN(C)[C@H]2C3c4ccccc4C(c4ccccc43)[C@H]21. The normalized spacial score (nSPS) is 33.6. The van der Waals surface area contributed by atoms with E-state index in [1.54, 1.807) is 22.3 Å². The second-order valence-electron chi connectivity index (χ2n) is 6.85. The zero-order valence-electron chi connectivity index (χ0n) is 12.5. The van der Waals surface area contributed by atoms with Crippen LogP contribution in [0.4, 0.5) is 0 Å². The first-order chi connectivity index (χ1) is 10.3. The number of likely N-dealkylation sites (N-methyl/N-ethyl adjacent to an activating group) is 2. The van der Waals surface area contributed by atoms with Gasteiger partial charge >= 0.3 is 0 Å². The Morgan fingerprint density at radius 1 is 0.667 bits per heavy atom. The molecule has 0 spiro atoms. The average Bonchev–Trinajstić information content (AvgIpc) is 2.83. The van der Waals surface area contributed by atoms with E-state index in [0.717, 1.165) is 6.67 Å². The number of nitrogens with zero attached hydrogens (tertiary/aromatic N) is 2. The maximum absolute atomic E-state index is 2.55. The second kappa shape index (κ2) is 3.96. The van der Waals surface area contributed by atoms with Crippen molar-refractivity contribution in [2.24, 2.45) is 0 Å². The fraction of sp³-hybridized carbons (Fsp3) is 0.368. The van der Waals surface area contributed by atoms with E-state index in [-0.39, 0.29) is 0 Å². The van der Waals surface area contributed by atoms with Gasteiger partial charge in [-0.1, -0.05) is 48.5 Å². The van der Waals surface area contributed by atoms with Crippen LogP contribution in [0.5, 0.6) is 0 Å². The number of hydrogen-bond donors (Lipinski definition) is 0. The molecular formula is C19H20N2. The monoisotopic (exact) mass is 276 g/mol. The molecule has 2 atom stereocenters. The molecule has 1 aliphatic heterocycles. The molecule has 21 heavy (non-hydrogen) atoms. The van der Waals surface area contributed by atoms with E-state index in [1.807, 2.05) is 0 Å². The highest BCUT2D eigenvalue weighted by molar-refractivity contribution is 5.58. The van der Waals surface area contributed by atoms with Gasteiger partial charge in [0.15, 0.2) is 0 Å². The van der Waals surface area contributed by atoms with Gasteiger partial charge < -0.3 is 0 Å². The summed E-state index contributed by atoms with van der Waals surface area (Å²) in [5.74, 6) is 1.06. The van der Waals surface area contributed by atoms with Crippen LogP contribution in [-0.4, -0.2) is 42.6 Å². The highest BCUT2D eigenvalue weighted by Gasteiger charge is 2.55. The quantitative estimate of drug-likeness (QED) is 0.730. The Bertz CT molecular complexity index is 616. The van der Waals surface area contributed by atoms with E-state index in [1.165, 1.54) is 0 Å². The van der Waals surface area contributed by atoms with Crippen LogP contribution in [-0.2, 0) is 0 Å². The summed E-state index contributed by atoms with van der Waals surface area (Å²) < 4.78 is 0. The smallest absolute Gasteiger partial charge is 0.0508 e. The van der Waals surface area contributed by atoms with Gasteiger partial charge in [-0.3, -0.25) is 9.80 Å². The average molecular weight is 276 g/mol. The molecule has 0 amide bonds. The van der Waals surface area contributed by atoms with Gasteiger partial charge in [-0.2, -0.15) is 0 Å². The largest absolute Gasteiger partial charge is 0.288 e. The van der Waals surface area contributed by atoms with Gasteiger partial charge in [0.05, 0.1) is 6.67 Å². The van der Waals surface area contributed by atoms with Crippen molar-refractivity contribution in [3.05, 3.63) is 70.8 Å². The zero-order chi connectivity index (χ0) is 14.1. The molecule has 0 unspecified atom stereocenters. The molecule has 2 bridgehead atoms. The molecule has 2 aromatic carbocycles. The van der Waals surface area contributed by atoms with Crippen LogP contribution in [0.15, 0.2) is 48.5 Å². The minimum absolute atomic E-state index is 0.530. The van der Waals surface area contributed by atoms with E-state index < -0.39 is 0 Å². The molecule has 106 valence electrons. The Hall–Kier alpha value is -1.64. The third kappa shape index (κ3) is 1.35. The molecule has 6 rings (SSSR count). The lowest BCUT2D eigenvalue weighted by atomic mass is 9.59. The maximum Gasteiger partial charge on any atom is 0.0508 e. The van der Waals surface area contributed by atoms with Crippen LogP contribution in [0.1, 0.15) is 34.1 Å². The van der Waals surface area contributed by atoms with Crippen LogP contribution < -0.4 is 0 Å². The maximum atomic E-state index is 2.55. The lowest BCUT2D eigenvalue weighted by Gasteiger charge is -2.50. The third-order valence-corrected chi connectivity index (χ3v) is 5.83. The molecule has 2 aromatic rings. The van der Waals surface area contributed by atoms with Crippen molar-refractivity contribution in [1.29, 1.82) is 0 Å². The minimum atomic E-state index is 0.530. The van der Waals surface area contributed by atoms with Crippen molar-refractivity contribution in [2.75, 3.05) is 20.8 Å². The molecule has 1 heterocycles. The summed E-state index contributed by atoms with van der Waals surface area (Å²) in [4.78, 5) is 5.10. The first-order valence-corrected chi connectivity index (χ1v) is 7.85. The molecule has 1 fully saturated rings. The Morgan fingerprint density at radius 3 is 1.33 bits per heavy atom. The standard InChI is InChI=1S/C19H20N2/c1-20-11-21(2)19-17-14-9-5-3-7-12(14)16(18(19)20)13-8-4-6-10-15(13)17/h3-10,16-19H,11H2,1-2H3/t16?,17?,18-,19+. The highest BCUT2D eigenvalue weighted by atomic mass is 15.4. The topological polar surface area (TPSA) is 6.48 Å². The molecule has 4 aliphatic rings. The van der Waals surface area contributed by atoms with Crippen LogP contribution >= 0.6 is 0 Å². The molecule has 0 radical (unpaired) electrons. The van der Waals surface area contributed by atoms with E-state index >= 15 is 0 Å². The fourth-order valence-electron chi connectivity index (χ4n) is 5.19. The molecule has 2 nitrogen and oxygen atoms in total. The minimum Gasteiger partial charge on any atom is -0.288 e. The van der Waals surface area contributed by atoms with Crippen LogP contribution in [0.2, 0.25) is 0 Å². The van der Waals surface area contributed by atoms with Crippen molar-refractivity contribution in [3.63, 3.8) is 0 Å². The lowest BCUT2D eigenvalue weighted by Crippen LogP contribution is -2.51. The van der Waals surface area contributed by atoms with Crippen LogP contribution in [0.25, 0.3) is 0 Å². The second-order valence-corrected chi connectivity index (χ2v) is 6.85. The number of hydrogen-bond acceptors (Lipinski definition) is 2. The van der Waals surface area contributed by atoms with Crippen molar-refractivity contribution < 1.29 is 0 Å². The predicted molar refractivity (Wildman–Crippen MR) is 84.5 cm³/mol. The lowest BCUT2D eigenvalue weighted by molar-refractivity contribution is 0.227. The number of benzene rings is 2. The van der Waals surface area contributed by atoms with Gasteiger partial charge in [-0.05, 0) is 36.3 Å². The Kier molecular flexibility index (Phi) is 2.26. The third-order valence-electron chi connectivity index (χ3n) is 5.83. The van der Waals surface area contributed by atoms with Gasteiger partial charge in [0, 0.05) is 23.9 Å². The van der Waals surface area contributed by atoms with Gasteiger partial charge in [-0.15, -0.1) is 0 Å².